The lowest BCUT2D eigenvalue weighted by atomic mass is 10.1. The van der Waals surface area contributed by atoms with Crippen LogP contribution in [0.25, 0.3) is 10.6 Å². The number of anilines is 1. The van der Waals surface area contributed by atoms with Gasteiger partial charge in [-0.1, -0.05) is 0 Å². The molecule has 0 aliphatic carbocycles. The van der Waals surface area contributed by atoms with Gasteiger partial charge in [-0.05, 0) is 72.8 Å². The summed E-state index contributed by atoms with van der Waals surface area (Å²) in [5.74, 6) is 0.438. The van der Waals surface area contributed by atoms with E-state index in [4.69, 9.17) is 10.5 Å². The molecule has 30 heavy (non-hydrogen) atoms. The number of carbonyl (C=O) groups excluding carboxylic acids is 2. The largest absolute Gasteiger partial charge is 0.457 e. The Hall–Kier alpha value is -3.97. The van der Waals surface area contributed by atoms with Crippen LogP contribution < -0.4 is 15.8 Å². The molecule has 0 spiro atoms. The van der Waals surface area contributed by atoms with E-state index in [0.717, 1.165) is 10.6 Å². The van der Waals surface area contributed by atoms with Crippen LogP contribution in [0.15, 0.2) is 84.4 Å². The molecule has 3 N–H and O–H groups in total. The molecule has 0 saturated heterocycles. The number of nitrogens with one attached hydrogen (secondary N) is 1. The highest BCUT2D eigenvalue weighted by Gasteiger charge is 2.08. The van der Waals surface area contributed by atoms with E-state index in [1.165, 1.54) is 0 Å². The molecule has 0 fully saturated rings. The van der Waals surface area contributed by atoms with Gasteiger partial charge in [0.15, 0.2) is 0 Å². The SMILES string of the molecule is NC(=O)c1ccc(Oc2ccc(C(=O)Nc3ccc(-c4nccs4)cc3)cc2)cc1. The van der Waals surface area contributed by atoms with Crippen LogP contribution >= 0.6 is 11.3 Å². The van der Waals surface area contributed by atoms with Crippen molar-refractivity contribution in [3.05, 3.63) is 95.5 Å². The van der Waals surface area contributed by atoms with Crippen LogP contribution in [0.3, 0.4) is 0 Å². The molecule has 0 unspecified atom stereocenters. The highest BCUT2D eigenvalue weighted by molar-refractivity contribution is 7.13. The third kappa shape index (κ3) is 4.53. The highest BCUT2D eigenvalue weighted by Crippen LogP contribution is 2.24. The Bertz CT molecular complexity index is 1150. The van der Waals surface area contributed by atoms with E-state index >= 15 is 0 Å². The molecule has 1 heterocycles. The van der Waals surface area contributed by atoms with Crippen LogP contribution in [0.5, 0.6) is 11.5 Å². The van der Waals surface area contributed by atoms with E-state index in [0.29, 0.717) is 28.3 Å². The highest BCUT2D eigenvalue weighted by atomic mass is 32.1. The zero-order valence-corrected chi connectivity index (χ0v) is 16.6. The van der Waals surface area contributed by atoms with Crippen LogP contribution in [-0.4, -0.2) is 16.8 Å². The lowest BCUT2D eigenvalue weighted by Gasteiger charge is -2.08. The molecule has 0 radical (unpaired) electrons. The monoisotopic (exact) mass is 415 g/mol. The maximum Gasteiger partial charge on any atom is 0.255 e. The third-order valence-electron chi connectivity index (χ3n) is 4.31. The van der Waals surface area contributed by atoms with E-state index in [-0.39, 0.29) is 5.91 Å². The van der Waals surface area contributed by atoms with E-state index in [2.05, 4.69) is 10.3 Å². The van der Waals surface area contributed by atoms with E-state index < -0.39 is 5.91 Å². The number of nitrogens with zero attached hydrogens (tertiary/aromatic N) is 1. The summed E-state index contributed by atoms with van der Waals surface area (Å²) in [6, 6.07) is 20.9. The predicted molar refractivity (Wildman–Crippen MR) is 117 cm³/mol. The molecular formula is C23H17N3O3S. The molecule has 2 amide bonds. The Balaban J connectivity index is 1.38. The predicted octanol–water partition coefficient (Wildman–Crippen LogP) is 4.95. The van der Waals surface area contributed by atoms with Crippen molar-refractivity contribution < 1.29 is 14.3 Å². The van der Waals surface area contributed by atoms with Gasteiger partial charge in [0, 0.05) is 34.0 Å². The lowest BCUT2D eigenvalue weighted by molar-refractivity contribution is 0.0997. The van der Waals surface area contributed by atoms with Crippen LogP contribution in [0.2, 0.25) is 0 Å². The van der Waals surface area contributed by atoms with Crippen molar-refractivity contribution in [2.24, 2.45) is 5.73 Å². The second-order valence-corrected chi connectivity index (χ2v) is 7.28. The first-order chi connectivity index (χ1) is 14.6. The fourth-order valence-electron chi connectivity index (χ4n) is 2.76. The number of nitrogens with two attached hydrogens (primary N) is 1. The Kier molecular flexibility index (Phi) is 5.54. The summed E-state index contributed by atoms with van der Waals surface area (Å²) in [6.45, 7) is 0. The first-order valence-corrected chi connectivity index (χ1v) is 9.95. The Labute approximate surface area is 177 Å². The van der Waals surface area contributed by atoms with E-state index in [9.17, 15) is 9.59 Å². The van der Waals surface area contributed by atoms with Gasteiger partial charge in [0.1, 0.15) is 16.5 Å². The first-order valence-electron chi connectivity index (χ1n) is 9.07. The maximum absolute atomic E-state index is 12.5. The fraction of sp³-hybridized carbons (Fsp3) is 0. The molecule has 0 bridgehead atoms. The second-order valence-electron chi connectivity index (χ2n) is 6.38. The zero-order valence-electron chi connectivity index (χ0n) is 15.7. The summed E-state index contributed by atoms with van der Waals surface area (Å²) in [6.07, 6.45) is 1.76. The molecule has 6 nitrogen and oxygen atoms in total. The minimum absolute atomic E-state index is 0.214. The molecule has 1 aromatic heterocycles. The van der Waals surface area contributed by atoms with Crippen LogP contribution in [0.1, 0.15) is 20.7 Å². The quantitative estimate of drug-likeness (QED) is 0.466. The second kappa shape index (κ2) is 8.59. The average molecular weight is 415 g/mol. The van der Waals surface area contributed by atoms with Gasteiger partial charge in [0.05, 0.1) is 0 Å². The van der Waals surface area contributed by atoms with Crippen molar-refractivity contribution in [2.45, 2.75) is 0 Å². The number of aromatic nitrogens is 1. The molecule has 4 aromatic rings. The molecule has 0 atom stereocenters. The Morgan fingerprint density at radius 3 is 1.97 bits per heavy atom. The van der Waals surface area contributed by atoms with E-state index in [1.54, 1.807) is 66.1 Å². The normalized spacial score (nSPS) is 10.4. The number of ether oxygens (including phenoxy) is 1. The number of rotatable bonds is 6. The minimum atomic E-state index is -0.491. The number of thiazole rings is 1. The van der Waals surface area contributed by atoms with Crippen LogP contribution in [-0.2, 0) is 0 Å². The number of benzene rings is 3. The van der Waals surface area contributed by atoms with Gasteiger partial charge in [0.25, 0.3) is 5.91 Å². The summed E-state index contributed by atoms with van der Waals surface area (Å²) in [4.78, 5) is 27.9. The number of amides is 2. The Morgan fingerprint density at radius 1 is 0.833 bits per heavy atom. The number of hydrogen-bond acceptors (Lipinski definition) is 5. The maximum atomic E-state index is 12.5. The molecule has 0 saturated carbocycles. The summed E-state index contributed by atoms with van der Waals surface area (Å²) >= 11 is 1.57. The van der Waals surface area contributed by atoms with Gasteiger partial charge in [-0.2, -0.15) is 0 Å². The van der Waals surface area contributed by atoms with Gasteiger partial charge < -0.3 is 15.8 Å². The molecule has 0 aliphatic heterocycles. The van der Waals surface area contributed by atoms with Crippen LogP contribution in [0, 0.1) is 0 Å². The van der Waals surface area contributed by atoms with Gasteiger partial charge in [-0.3, -0.25) is 9.59 Å². The fourth-order valence-corrected chi connectivity index (χ4v) is 3.41. The summed E-state index contributed by atoms with van der Waals surface area (Å²) in [5.41, 5.74) is 7.86. The van der Waals surface area contributed by atoms with Gasteiger partial charge in [-0.15, -0.1) is 11.3 Å². The van der Waals surface area contributed by atoms with Gasteiger partial charge in [0.2, 0.25) is 5.91 Å². The zero-order chi connectivity index (χ0) is 20.9. The summed E-state index contributed by atoms with van der Waals surface area (Å²) in [5, 5.41) is 5.74. The van der Waals surface area contributed by atoms with Crippen molar-refractivity contribution in [1.82, 2.24) is 4.98 Å². The average Bonchev–Trinajstić information content (AvgIpc) is 3.30. The van der Waals surface area contributed by atoms with Gasteiger partial charge in [-0.25, -0.2) is 4.98 Å². The molecule has 7 heteroatoms. The smallest absolute Gasteiger partial charge is 0.255 e. The van der Waals surface area contributed by atoms with Crippen molar-refractivity contribution in [2.75, 3.05) is 5.32 Å². The molecular weight excluding hydrogens is 398 g/mol. The first kappa shape index (κ1) is 19.4. The Morgan fingerprint density at radius 2 is 1.43 bits per heavy atom. The number of hydrogen-bond donors (Lipinski definition) is 2. The summed E-state index contributed by atoms with van der Waals surface area (Å²) in [7, 11) is 0. The van der Waals surface area contributed by atoms with Crippen molar-refractivity contribution in [3.8, 4) is 22.1 Å². The minimum Gasteiger partial charge on any atom is -0.457 e. The lowest BCUT2D eigenvalue weighted by Crippen LogP contribution is -2.11. The third-order valence-corrected chi connectivity index (χ3v) is 5.14. The van der Waals surface area contributed by atoms with Crippen molar-refractivity contribution in [1.29, 1.82) is 0 Å². The number of carbonyl (C=O) groups is 2. The van der Waals surface area contributed by atoms with Gasteiger partial charge >= 0.3 is 0 Å². The molecule has 0 aliphatic rings. The number of primary amides is 1. The van der Waals surface area contributed by atoms with E-state index in [1.807, 2.05) is 29.6 Å². The standard InChI is InChI=1S/C23H17N3O3S/c24-21(27)15-3-9-19(10-4-15)29-20-11-5-16(6-12-20)22(28)26-18-7-1-17(2-8-18)23-25-13-14-30-23/h1-14H,(H2,24,27)(H,26,28). The molecule has 3 aromatic carbocycles. The topological polar surface area (TPSA) is 94.3 Å². The van der Waals surface area contributed by atoms with Crippen molar-refractivity contribution in [3.63, 3.8) is 0 Å². The van der Waals surface area contributed by atoms with Crippen LogP contribution in [0.4, 0.5) is 5.69 Å². The summed E-state index contributed by atoms with van der Waals surface area (Å²) < 4.78 is 5.73. The van der Waals surface area contributed by atoms with Crippen molar-refractivity contribution >= 4 is 28.8 Å². The molecule has 4 rings (SSSR count). The molecule has 148 valence electrons.